The summed E-state index contributed by atoms with van der Waals surface area (Å²) in [5.41, 5.74) is 0.687. The zero-order chi connectivity index (χ0) is 11.7. The summed E-state index contributed by atoms with van der Waals surface area (Å²) in [5.74, 6) is -0.477. The summed E-state index contributed by atoms with van der Waals surface area (Å²) in [6.07, 6.45) is 1.30. The number of hydrogen-bond donors (Lipinski definition) is 0. The Bertz CT molecular complexity index is 414. The first-order chi connectivity index (χ1) is 6.86. The molecule has 1 aliphatic rings. The lowest BCUT2D eigenvalue weighted by atomic mass is 9.99. The zero-order valence-electron chi connectivity index (χ0n) is 9.29. The van der Waals surface area contributed by atoms with Gasteiger partial charge in [0, 0.05) is 16.4 Å². The van der Waals surface area contributed by atoms with E-state index in [1.54, 1.807) is 27.7 Å². The Morgan fingerprint density at radius 2 is 1.73 bits per heavy atom. The summed E-state index contributed by atoms with van der Waals surface area (Å²) in [5, 5.41) is -0.155. The predicted octanol–water partition coefficient (Wildman–Crippen LogP) is 1.52. The lowest BCUT2D eigenvalue weighted by Crippen LogP contribution is -2.23. The second-order valence-electron chi connectivity index (χ2n) is 3.82. The van der Waals surface area contributed by atoms with E-state index in [1.807, 2.05) is 0 Å². The smallest absolute Gasteiger partial charge is 0.198 e. The fourth-order valence-electron chi connectivity index (χ4n) is 1.31. The first-order valence-corrected chi connectivity index (χ1v) is 5.96. The van der Waals surface area contributed by atoms with Crippen molar-refractivity contribution in [2.75, 3.05) is 0 Å². The minimum absolute atomic E-state index is 0.155. The molecule has 0 fully saturated rings. The molecule has 82 valence electrons. The second kappa shape index (κ2) is 4.23. The molecule has 0 saturated carbocycles. The molecule has 0 aromatic rings. The van der Waals surface area contributed by atoms with Crippen LogP contribution in [0.1, 0.15) is 27.7 Å². The molecule has 15 heavy (non-hydrogen) atoms. The van der Waals surface area contributed by atoms with E-state index in [-0.39, 0.29) is 21.7 Å². The lowest BCUT2D eigenvalue weighted by molar-refractivity contribution is -0.115. The van der Waals surface area contributed by atoms with Crippen LogP contribution in [0, 0.1) is 0 Å². The average molecular weight is 226 g/mol. The van der Waals surface area contributed by atoms with Crippen LogP contribution in [0.3, 0.4) is 0 Å². The molecule has 0 heterocycles. The van der Waals surface area contributed by atoms with Crippen LogP contribution in [0.15, 0.2) is 22.1 Å². The highest BCUT2D eigenvalue weighted by atomic mass is 32.2. The number of rotatable bonds is 2. The molecular formula is C11H14O3S. The van der Waals surface area contributed by atoms with Gasteiger partial charge in [0.25, 0.3) is 0 Å². The number of ketones is 2. The summed E-state index contributed by atoms with van der Waals surface area (Å²) in [6.45, 7) is 6.66. The van der Waals surface area contributed by atoms with Crippen molar-refractivity contribution in [3.05, 3.63) is 22.1 Å². The fraction of sp³-hybridized carbons (Fsp3) is 0.455. The maximum absolute atomic E-state index is 11.9. The highest BCUT2D eigenvalue weighted by Gasteiger charge is 2.28. The third-order valence-corrected chi connectivity index (χ3v) is 4.00. The molecule has 0 spiro atoms. The molecule has 0 radical (unpaired) electrons. The highest BCUT2D eigenvalue weighted by molar-refractivity contribution is 7.90. The average Bonchev–Trinajstić information content (AvgIpc) is 2.15. The standard InChI is InChI=1S/C11H14O3S/c1-6(2)15(14)11-8(4)9(12)5-7(3)10(11)13/h5-6H,1-4H3. The van der Waals surface area contributed by atoms with Gasteiger partial charge in [-0.3, -0.25) is 13.8 Å². The molecular weight excluding hydrogens is 212 g/mol. The normalized spacial score (nSPS) is 19.7. The van der Waals surface area contributed by atoms with Crippen molar-refractivity contribution in [1.29, 1.82) is 0 Å². The van der Waals surface area contributed by atoms with Crippen molar-refractivity contribution in [3.8, 4) is 0 Å². The van der Waals surface area contributed by atoms with Gasteiger partial charge in [0.15, 0.2) is 11.6 Å². The van der Waals surface area contributed by atoms with Gasteiger partial charge in [0.05, 0.1) is 15.7 Å². The maximum Gasteiger partial charge on any atom is 0.198 e. The molecule has 0 bridgehead atoms. The van der Waals surface area contributed by atoms with Crippen molar-refractivity contribution >= 4 is 22.4 Å². The van der Waals surface area contributed by atoms with Crippen LogP contribution in [-0.4, -0.2) is 21.0 Å². The Balaban J connectivity index is 3.26. The van der Waals surface area contributed by atoms with E-state index in [0.29, 0.717) is 11.1 Å². The topological polar surface area (TPSA) is 51.2 Å². The third kappa shape index (κ3) is 2.15. The third-order valence-electron chi connectivity index (χ3n) is 2.25. The van der Waals surface area contributed by atoms with Gasteiger partial charge in [-0.2, -0.15) is 0 Å². The van der Waals surface area contributed by atoms with E-state index >= 15 is 0 Å². The van der Waals surface area contributed by atoms with Gasteiger partial charge in [0.1, 0.15) is 0 Å². The Morgan fingerprint density at radius 3 is 2.20 bits per heavy atom. The minimum Gasteiger partial charge on any atom is -0.290 e. The van der Waals surface area contributed by atoms with Crippen LogP contribution in [0.25, 0.3) is 0 Å². The van der Waals surface area contributed by atoms with Crippen LogP contribution >= 0.6 is 0 Å². The molecule has 1 atom stereocenters. The van der Waals surface area contributed by atoms with E-state index in [2.05, 4.69) is 0 Å². The van der Waals surface area contributed by atoms with Crippen molar-refractivity contribution in [2.45, 2.75) is 32.9 Å². The number of allylic oxidation sites excluding steroid dienone is 4. The first kappa shape index (κ1) is 12.0. The van der Waals surface area contributed by atoms with Crippen molar-refractivity contribution in [2.24, 2.45) is 0 Å². The number of carbonyl (C=O) groups excluding carboxylic acids is 2. The molecule has 1 unspecified atom stereocenters. The lowest BCUT2D eigenvalue weighted by Gasteiger charge is -2.15. The molecule has 0 amide bonds. The Hall–Kier alpha value is -1.03. The molecule has 3 nitrogen and oxygen atoms in total. The van der Waals surface area contributed by atoms with E-state index in [0.717, 1.165) is 0 Å². The first-order valence-electron chi connectivity index (χ1n) is 4.75. The largest absolute Gasteiger partial charge is 0.290 e. The maximum atomic E-state index is 11.9. The molecule has 1 rings (SSSR count). The van der Waals surface area contributed by atoms with Crippen molar-refractivity contribution in [3.63, 3.8) is 0 Å². The van der Waals surface area contributed by atoms with E-state index in [4.69, 9.17) is 0 Å². The second-order valence-corrected chi connectivity index (χ2v) is 5.77. The van der Waals surface area contributed by atoms with E-state index in [9.17, 15) is 13.8 Å². The van der Waals surface area contributed by atoms with Gasteiger partial charge in [-0.05, 0) is 19.9 Å². The highest BCUT2D eigenvalue weighted by Crippen LogP contribution is 2.23. The van der Waals surface area contributed by atoms with Gasteiger partial charge in [-0.1, -0.05) is 13.8 Å². The molecule has 0 aromatic carbocycles. The van der Waals surface area contributed by atoms with Gasteiger partial charge in [-0.15, -0.1) is 0 Å². The number of hydrogen-bond acceptors (Lipinski definition) is 3. The van der Waals surface area contributed by atoms with Crippen LogP contribution in [0.4, 0.5) is 0 Å². The Kier molecular flexibility index (Phi) is 3.39. The van der Waals surface area contributed by atoms with Crippen LogP contribution < -0.4 is 0 Å². The van der Waals surface area contributed by atoms with Crippen LogP contribution in [-0.2, 0) is 20.4 Å². The van der Waals surface area contributed by atoms with Gasteiger partial charge >= 0.3 is 0 Å². The molecule has 1 aliphatic carbocycles. The zero-order valence-corrected chi connectivity index (χ0v) is 10.1. The van der Waals surface area contributed by atoms with Crippen LogP contribution in [0.2, 0.25) is 0 Å². The van der Waals surface area contributed by atoms with E-state index < -0.39 is 10.8 Å². The Morgan fingerprint density at radius 1 is 1.20 bits per heavy atom. The summed E-state index contributed by atoms with van der Waals surface area (Å²) in [7, 11) is -1.39. The Labute approximate surface area is 91.7 Å². The fourth-order valence-corrected chi connectivity index (χ4v) is 2.53. The molecule has 0 aromatic heterocycles. The SMILES string of the molecule is CC1=CC(=O)C(C)=C(S(=O)C(C)C)C1=O. The minimum atomic E-state index is -1.39. The van der Waals surface area contributed by atoms with Gasteiger partial charge in [-0.25, -0.2) is 0 Å². The van der Waals surface area contributed by atoms with Crippen LogP contribution in [0.5, 0.6) is 0 Å². The quantitative estimate of drug-likeness (QED) is 0.671. The number of carbonyl (C=O) groups is 2. The summed E-state index contributed by atoms with van der Waals surface area (Å²) < 4.78 is 11.9. The number of Topliss-reactive ketones (excluding diaryl/α,β-unsaturated/α-hetero) is 1. The molecule has 4 heteroatoms. The monoisotopic (exact) mass is 226 g/mol. The predicted molar refractivity (Wildman–Crippen MR) is 59.7 cm³/mol. The summed E-state index contributed by atoms with van der Waals surface area (Å²) in [6, 6.07) is 0. The van der Waals surface area contributed by atoms with Gasteiger partial charge < -0.3 is 0 Å². The van der Waals surface area contributed by atoms with E-state index in [1.165, 1.54) is 6.08 Å². The summed E-state index contributed by atoms with van der Waals surface area (Å²) >= 11 is 0. The molecule has 0 saturated heterocycles. The molecule has 0 N–H and O–H groups in total. The van der Waals surface area contributed by atoms with Crippen molar-refractivity contribution in [1.82, 2.24) is 0 Å². The van der Waals surface area contributed by atoms with Gasteiger partial charge in [0.2, 0.25) is 0 Å². The molecule has 0 aliphatic heterocycles. The summed E-state index contributed by atoms with van der Waals surface area (Å²) in [4.78, 5) is 23.4. The van der Waals surface area contributed by atoms with Crippen molar-refractivity contribution < 1.29 is 13.8 Å².